The monoisotopic (exact) mass is 377 g/mol. The molecule has 2 N–H and O–H groups in total. The van der Waals surface area contributed by atoms with Crippen LogP contribution in [0.25, 0.3) is 0 Å². The number of hydrogen-bond donors (Lipinski definition) is 2. The molecule has 23 heavy (non-hydrogen) atoms. The van der Waals surface area contributed by atoms with Crippen molar-refractivity contribution in [1.29, 1.82) is 0 Å². The van der Waals surface area contributed by atoms with Gasteiger partial charge in [-0.25, -0.2) is 13.2 Å². The van der Waals surface area contributed by atoms with Gasteiger partial charge in [0.1, 0.15) is 0 Å². The van der Waals surface area contributed by atoms with Crippen LogP contribution in [0.3, 0.4) is 0 Å². The lowest BCUT2D eigenvalue weighted by molar-refractivity contribution is -0.141. The number of carboxylic acids is 1. The Balaban J connectivity index is 1.91. The zero-order chi connectivity index (χ0) is 17.0. The van der Waals surface area contributed by atoms with Crippen molar-refractivity contribution in [3.8, 4) is 0 Å². The minimum Gasteiger partial charge on any atom is -0.479 e. The number of thioether (sulfide) groups is 1. The minimum absolute atomic E-state index is 0.0254. The Labute approximate surface area is 143 Å². The zero-order valence-electron chi connectivity index (χ0n) is 12.1. The summed E-state index contributed by atoms with van der Waals surface area (Å²) in [7, 11) is -2.99. The van der Waals surface area contributed by atoms with Gasteiger partial charge in [-0.05, 0) is 24.1 Å². The van der Waals surface area contributed by atoms with Crippen LogP contribution >= 0.6 is 23.4 Å². The van der Waals surface area contributed by atoms with Crippen LogP contribution < -0.4 is 5.32 Å². The van der Waals surface area contributed by atoms with E-state index in [4.69, 9.17) is 11.6 Å². The average molecular weight is 378 g/mol. The molecule has 2 rings (SSSR count). The molecule has 1 heterocycles. The highest BCUT2D eigenvalue weighted by Crippen LogP contribution is 2.24. The molecule has 0 spiro atoms. The highest BCUT2D eigenvalue weighted by Gasteiger charge is 2.29. The van der Waals surface area contributed by atoms with Gasteiger partial charge < -0.3 is 10.4 Å². The van der Waals surface area contributed by atoms with Crippen molar-refractivity contribution in [2.45, 2.75) is 17.7 Å². The van der Waals surface area contributed by atoms with E-state index in [0.717, 1.165) is 0 Å². The number of hydrogen-bond acceptors (Lipinski definition) is 5. The van der Waals surface area contributed by atoms with E-state index in [-0.39, 0.29) is 22.5 Å². The van der Waals surface area contributed by atoms with E-state index in [9.17, 15) is 23.1 Å². The van der Waals surface area contributed by atoms with Crippen molar-refractivity contribution in [3.63, 3.8) is 0 Å². The molecule has 1 aromatic carbocycles. The molecule has 0 bridgehead atoms. The summed E-state index contributed by atoms with van der Waals surface area (Å²) < 4.78 is 22.7. The fourth-order valence-corrected chi connectivity index (χ4v) is 5.81. The molecule has 1 aliphatic rings. The number of nitrogens with one attached hydrogen (secondary N) is 1. The molecule has 1 aromatic rings. The van der Waals surface area contributed by atoms with E-state index in [2.05, 4.69) is 5.32 Å². The molecular formula is C14H16ClNO5S2. The van der Waals surface area contributed by atoms with Gasteiger partial charge in [0.2, 0.25) is 5.91 Å². The Bertz CT molecular complexity index is 690. The Morgan fingerprint density at radius 3 is 2.52 bits per heavy atom. The molecule has 1 saturated heterocycles. The molecule has 126 valence electrons. The fourth-order valence-electron chi connectivity index (χ4n) is 2.23. The number of rotatable bonds is 6. The summed E-state index contributed by atoms with van der Waals surface area (Å²) in [6.07, 6.45) is 0.528. The van der Waals surface area contributed by atoms with E-state index >= 15 is 0 Å². The van der Waals surface area contributed by atoms with Gasteiger partial charge in [-0.2, -0.15) is 0 Å². The standard InChI is InChI=1S/C14H16ClNO5S2/c15-10-3-1-9(2-4-10)13(14(18)19)16-12(17)7-22-11-5-6-23(20,21)8-11/h1-4,11,13H,5-8H2,(H,16,17)(H,18,19). The van der Waals surface area contributed by atoms with Crippen LogP contribution in [0, 0.1) is 0 Å². The molecule has 1 amide bonds. The van der Waals surface area contributed by atoms with E-state index < -0.39 is 27.8 Å². The molecule has 9 heteroatoms. The van der Waals surface area contributed by atoms with E-state index in [1.54, 1.807) is 12.1 Å². The lowest BCUT2D eigenvalue weighted by atomic mass is 10.1. The lowest BCUT2D eigenvalue weighted by Gasteiger charge is -2.15. The van der Waals surface area contributed by atoms with Gasteiger partial charge in [0.05, 0.1) is 17.3 Å². The fraction of sp³-hybridized carbons (Fsp3) is 0.429. The van der Waals surface area contributed by atoms with Crippen LogP contribution in [0.5, 0.6) is 0 Å². The second kappa shape index (κ2) is 7.55. The molecule has 2 unspecified atom stereocenters. The SMILES string of the molecule is O=C(CSC1CCS(=O)(=O)C1)NC(C(=O)O)c1ccc(Cl)cc1. The predicted octanol–water partition coefficient (Wildman–Crippen LogP) is 1.50. The molecule has 0 radical (unpaired) electrons. The highest BCUT2D eigenvalue weighted by atomic mass is 35.5. The summed E-state index contributed by atoms with van der Waals surface area (Å²) >= 11 is 7.00. The molecular weight excluding hydrogens is 362 g/mol. The van der Waals surface area contributed by atoms with Crippen molar-refractivity contribution >= 4 is 45.1 Å². The topological polar surface area (TPSA) is 101 Å². The minimum atomic E-state index is -2.99. The van der Waals surface area contributed by atoms with Crippen LogP contribution in [-0.2, 0) is 19.4 Å². The van der Waals surface area contributed by atoms with Crippen LogP contribution in [0.1, 0.15) is 18.0 Å². The number of halogens is 1. The first-order chi connectivity index (χ1) is 10.8. The zero-order valence-corrected chi connectivity index (χ0v) is 14.5. The predicted molar refractivity (Wildman–Crippen MR) is 89.5 cm³/mol. The summed E-state index contributed by atoms with van der Waals surface area (Å²) in [4.78, 5) is 23.3. The van der Waals surface area contributed by atoms with Gasteiger partial charge in [0.25, 0.3) is 0 Å². The molecule has 0 saturated carbocycles. The van der Waals surface area contributed by atoms with Crippen LogP contribution in [0.2, 0.25) is 5.02 Å². The Kier molecular flexibility index (Phi) is 5.94. The average Bonchev–Trinajstić information content (AvgIpc) is 2.83. The van der Waals surface area contributed by atoms with E-state index in [1.807, 2.05) is 0 Å². The van der Waals surface area contributed by atoms with Crippen LogP contribution in [0.4, 0.5) is 0 Å². The van der Waals surface area contributed by atoms with Gasteiger partial charge in [-0.15, -0.1) is 11.8 Å². The number of sulfone groups is 1. The normalized spacial score (nSPS) is 20.8. The van der Waals surface area contributed by atoms with Crippen LogP contribution in [0.15, 0.2) is 24.3 Å². The summed E-state index contributed by atoms with van der Waals surface area (Å²) in [6.45, 7) is 0. The first kappa shape index (κ1) is 18.1. The van der Waals surface area contributed by atoms with Crippen molar-refractivity contribution in [2.24, 2.45) is 0 Å². The third-order valence-corrected chi connectivity index (χ3v) is 6.93. The summed E-state index contributed by atoms with van der Waals surface area (Å²) in [5.74, 6) is -1.37. The Hall–Kier alpha value is -1.25. The number of carbonyl (C=O) groups excluding carboxylic acids is 1. The third-order valence-electron chi connectivity index (χ3n) is 3.40. The first-order valence-electron chi connectivity index (χ1n) is 6.86. The summed E-state index contributed by atoms with van der Waals surface area (Å²) in [5, 5.41) is 12.1. The van der Waals surface area contributed by atoms with Crippen molar-refractivity contribution in [1.82, 2.24) is 5.32 Å². The van der Waals surface area contributed by atoms with Gasteiger partial charge in [0, 0.05) is 10.3 Å². The number of carbonyl (C=O) groups is 2. The number of aliphatic carboxylic acids is 1. The largest absolute Gasteiger partial charge is 0.479 e. The first-order valence-corrected chi connectivity index (χ1v) is 10.1. The maximum Gasteiger partial charge on any atom is 0.330 e. The maximum absolute atomic E-state index is 11.9. The third kappa shape index (κ3) is 5.40. The number of amides is 1. The Morgan fingerprint density at radius 2 is 2.00 bits per heavy atom. The molecule has 2 atom stereocenters. The van der Waals surface area contributed by atoms with Crippen molar-refractivity contribution in [2.75, 3.05) is 17.3 Å². The quantitative estimate of drug-likeness (QED) is 0.779. The summed E-state index contributed by atoms with van der Waals surface area (Å²) in [6, 6.07) is 5.03. The summed E-state index contributed by atoms with van der Waals surface area (Å²) in [5.41, 5.74) is 0.420. The second-order valence-electron chi connectivity index (χ2n) is 5.23. The van der Waals surface area contributed by atoms with Crippen LogP contribution in [-0.4, -0.2) is 47.9 Å². The van der Waals surface area contributed by atoms with Crippen molar-refractivity contribution in [3.05, 3.63) is 34.9 Å². The molecule has 6 nitrogen and oxygen atoms in total. The number of benzene rings is 1. The molecule has 1 fully saturated rings. The van der Waals surface area contributed by atoms with Gasteiger partial charge in [-0.3, -0.25) is 4.79 Å². The van der Waals surface area contributed by atoms with E-state index in [0.29, 0.717) is 17.0 Å². The van der Waals surface area contributed by atoms with Crippen molar-refractivity contribution < 1.29 is 23.1 Å². The lowest BCUT2D eigenvalue weighted by Crippen LogP contribution is -2.35. The van der Waals surface area contributed by atoms with Gasteiger partial charge in [0.15, 0.2) is 15.9 Å². The van der Waals surface area contributed by atoms with Gasteiger partial charge in [-0.1, -0.05) is 23.7 Å². The van der Waals surface area contributed by atoms with Gasteiger partial charge >= 0.3 is 5.97 Å². The maximum atomic E-state index is 11.9. The molecule has 0 aromatic heterocycles. The smallest absolute Gasteiger partial charge is 0.330 e. The second-order valence-corrected chi connectivity index (χ2v) is 9.18. The highest BCUT2D eigenvalue weighted by molar-refractivity contribution is 8.02. The molecule has 1 aliphatic heterocycles. The number of carboxylic acid groups (broad SMARTS) is 1. The van der Waals surface area contributed by atoms with E-state index in [1.165, 1.54) is 23.9 Å². The molecule has 0 aliphatic carbocycles. The Morgan fingerprint density at radius 1 is 1.35 bits per heavy atom.